The third-order valence-electron chi connectivity index (χ3n) is 3.27. The van der Waals surface area contributed by atoms with E-state index in [9.17, 15) is 4.39 Å². The van der Waals surface area contributed by atoms with Crippen molar-refractivity contribution < 1.29 is 9.13 Å². The Hall–Kier alpha value is -1.23. The van der Waals surface area contributed by atoms with E-state index in [0.717, 1.165) is 23.4 Å². The zero-order valence-corrected chi connectivity index (χ0v) is 12.7. The highest BCUT2D eigenvalue weighted by molar-refractivity contribution is 7.13. The van der Waals surface area contributed by atoms with Crippen molar-refractivity contribution in [1.29, 1.82) is 0 Å². The molecule has 1 atom stereocenters. The number of rotatable bonds is 7. The van der Waals surface area contributed by atoms with Gasteiger partial charge in [-0.15, -0.1) is 11.3 Å². The minimum Gasteiger partial charge on any atom is -0.383 e. The third-order valence-corrected chi connectivity index (χ3v) is 4.18. The molecule has 0 aliphatic rings. The average molecular weight is 293 g/mol. The van der Waals surface area contributed by atoms with Gasteiger partial charge in [0.2, 0.25) is 0 Å². The number of hydrogen-bond acceptors (Lipinski definition) is 3. The normalized spacial score (nSPS) is 12.6. The maximum Gasteiger partial charge on any atom is 0.131 e. The number of benzene rings is 1. The second kappa shape index (κ2) is 7.53. The molecular formula is C16H20FNOS. The summed E-state index contributed by atoms with van der Waals surface area (Å²) < 4.78 is 19.0. The van der Waals surface area contributed by atoms with E-state index in [1.165, 1.54) is 0 Å². The van der Waals surface area contributed by atoms with Gasteiger partial charge in [0.05, 0.1) is 6.61 Å². The molecule has 0 spiro atoms. The fourth-order valence-corrected chi connectivity index (χ4v) is 2.83. The van der Waals surface area contributed by atoms with Crippen LogP contribution in [0.3, 0.4) is 0 Å². The van der Waals surface area contributed by atoms with Crippen LogP contribution in [0.15, 0.2) is 35.7 Å². The van der Waals surface area contributed by atoms with Crippen molar-refractivity contribution in [3.63, 3.8) is 0 Å². The molecule has 108 valence electrons. The van der Waals surface area contributed by atoms with Crippen molar-refractivity contribution >= 4 is 11.3 Å². The molecule has 1 N–H and O–H groups in total. The SMILES string of the molecule is CCC(COC)NCc1ccc(F)c(-c2cccs2)c1. The van der Waals surface area contributed by atoms with Crippen LogP contribution in [0.4, 0.5) is 4.39 Å². The molecule has 0 aliphatic carbocycles. The molecule has 1 aromatic carbocycles. The predicted molar refractivity (Wildman–Crippen MR) is 82.5 cm³/mol. The molecule has 1 heterocycles. The van der Waals surface area contributed by atoms with Crippen molar-refractivity contribution in [2.75, 3.05) is 13.7 Å². The van der Waals surface area contributed by atoms with Crippen molar-refractivity contribution in [3.05, 3.63) is 47.1 Å². The van der Waals surface area contributed by atoms with Gasteiger partial charge < -0.3 is 10.1 Å². The molecule has 2 aromatic rings. The molecule has 20 heavy (non-hydrogen) atoms. The molecule has 0 aliphatic heterocycles. The first-order valence-electron chi connectivity index (χ1n) is 6.79. The molecule has 2 rings (SSSR count). The highest BCUT2D eigenvalue weighted by Crippen LogP contribution is 2.28. The Bertz CT molecular complexity index is 527. The summed E-state index contributed by atoms with van der Waals surface area (Å²) in [6, 6.07) is 9.52. The number of halogens is 1. The first kappa shape index (κ1) is 15.2. The van der Waals surface area contributed by atoms with E-state index in [1.54, 1.807) is 24.5 Å². The summed E-state index contributed by atoms with van der Waals surface area (Å²) in [5.74, 6) is -0.167. The summed E-state index contributed by atoms with van der Waals surface area (Å²) in [4.78, 5) is 0.966. The van der Waals surface area contributed by atoms with E-state index in [2.05, 4.69) is 12.2 Å². The van der Waals surface area contributed by atoms with Crippen molar-refractivity contribution in [2.45, 2.75) is 25.9 Å². The predicted octanol–water partition coefficient (Wildman–Crippen LogP) is 4.07. The monoisotopic (exact) mass is 293 g/mol. The van der Waals surface area contributed by atoms with E-state index in [-0.39, 0.29) is 5.82 Å². The Balaban J connectivity index is 2.08. The van der Waals surface area contributed by atoms with Crippen LogP contribution in [0.2, 0.25) is 0 Å². The van der Waals surface area contributed by atoms with E-state index >= 15 is 0 Å². The molecule has 0 radical (unpaired) electrons. The summed E-state index contributed by atoms with van der Waals surface area (Å²) in [5, 5.41) is 5.40. The second-order valence-electron chi connectivity index (χ2n) is 4.73. The molecule has 4 heteroatoms. The average Bonchev–Trinajstić information content (AvgIpc) is 2.99. The number of ether oxygens (including phenoxy) is 1. The Kier molecular flexibility index (Phi) is 5.71. The quantitative estimate of drug-likeness (QED) is 0.831. The van der Waals surface area contributed by atoms with E-state index in [0.29, 0.717) is 18.2 Å². The van der Waals surface area contributed by atoms with Crippen LogP contribution >= 0.6 is 11.3 Å². The lowest BCUT2D eigenvalue weighted by molar-refractivity contribution is 0.164. The maximum atomic E-state index is 13.9. The summed E-state index contributed by atoms with van der Waals surface area (Å²) in [7, 11) is 1.71. The Morgan fingerprint density at radius 1 is 1.35 bits per heavy atom. The zero-order valence-electron chi connectivity index (χ0n) is 11.9. The fraction of sp³-hybridized carbons (Fsp3) is 0.375. The second-order valence-corrected chi connectivity index (χ2v) is 5.68. The highest BCUT2D eigenvalue weighted by atomic mass is 32.1. The number of hydrogen-bond donors (Lipinski definition) is 1. The van der Waals surface area contributed by atoms with Crippen LogP contribution in [0.5, 0.6) is 0 Å². The standard InChI is InChI=1S/C16H20FNOS/c1-3-13(11-19-2)18-10-12-6-7-15(17)14(9-12)16-5-4-8-20-16/h4-9,13,18H,3,10-11H2,1-2H3. The smallest absolute Gasteiger partial charge is 0.131 e. The van der Waals surface area contributed by atoms with Crippen LogP contribution in [0.1, 0.15) is 18.9 Å². The van der Waals surface area contributed by atoms with Crippen molar-refractivity contribution in [2.24, 2.45) is 0 Å². The molecule has 2 nitrogen and oxygen atoms in total. The number of nitrogens with one attached hydrogen (secondary N) is 1. The summed E-state index contributed by atoms with van der Waals surface area (Å²) >= 11 is 1.56. The van der Waals surface area contributed by atoms with Gasteiger partial charge in [-0.1, -0.05) is 19.1 Å². The van der Waals surface area contributed by atoms with Gasteiger partial charge in [0.1, 0.15) is 5.82 Å². The third kappa shape index (κ3) is 3.88. The summed E-state index contributed by atoms with van der Waals surface area (Å²) in [5.41, 5.74) is 1.77. The van der Waals surface area contributed by atoms with Crippen LogP contribution in [-0.4, -0.2) is 19.8 Å². The lowest BCUT2D eigenvalue weighted by atomic mass is 10.1. The van der Waals surface area contributed by atoms with Crippen LogP contribution in [0.25, 0.3) is 10.4 Å². The van der Waals surface area contributed by atoms with Crippen LogP contribution in [0, 0.1) is 5.82 Å². The zero-order chi connectivity index (χ0) is 14.4. The Morgan fingerprint density at radius 2 is 2.20 bits per heavy atom. The molecule has 0 bridgehead atoms. The lowest BCUT2D eigenvalue weighted by Crippen LogP contribution is -2.32. The largest absolute Gasteiger partial charge is 0.383 e. The maximum absolute atomic E-state index is 13.9. The molecular weight excluding hydrogens is 273 g/mol. The van der Waals surface area contributed by atoms with E-state index in [1.807, 2.05) is 29.6 Å². The molecule has 1 aromatic heterocycles. The van der Waals surface area contributed by atoms with Crippen molar-refractivity contribution in [1.82, 2.24) is 5.32 Å². The van der Waals surface area contributed by atoms with Gasteiger partial charge in [-0.25, -0.2) is 4.39 Å². The number of methoxy groups -OCH3 is 1. The molecule has 0 saturated heterocycles. The number of thiophene rings is 1. The Morgan fingerprint density at radius 3 is 2.85 bits per heavy atom. The lowest BCUT2D eigenvalue weighted by Gasteiger charge is -2.16. The highest BCUT2D eigenvalue weighted by Gasteiger charge is 2.09. The van der Waals surface area contributed by atoms with Gasteiger partial charge in [-0.3, -0.25) is 0 Å². The fourth-order valence-electron chi connectivity index (χ4n) is 2.09. The van der Waals surface area contributed by atoms with Gasteiger partial charge in [-0.2, -0.15) is 0 Å². The molecule has 0 fully saturated rings. The van der Waals surface area contributed by atoms with Gasteiger partial charge in [0, 0.05) is 30.1 Å². The van der Waals surface area contributed by atoms with Gasteiger partial charge in [0.25, 0.3) is 0 Å². The van der Waals surface area contributed by atoms with Gasteiger partial charge in [0.15, 0.2) is 0 Å². The minimum atomic E-state index is -0.167. The summed E-state index contributed by atoms with van der Waals surface area (Å²) in [6.45, 7) is 3.54. The minimum absolute atomic E-state index is 0.167. The molecule has 0 saturated carbocycles. The Labute approximate surface area is 123 Å². The van der Waals surface area contributed by atoms with Gasteiger partial charge >= 0.3 is 0 Å². The van der Waals surface area contributed by atoms with Crippen LogP contribution < -0.4 is 5.32 Å². The topological polar surface area (TPSA) is 21.3 Å². The first-order valence-corrected chi connectivity index (χ1v) is 7.67. The van der Waals surface area contributed by atoms with Gasteiger partial charge in [-0.05, 0) is 35.6 Å². The first-order chi connectivity index (χ1) is 9.74. The molecule has 0 amide bonds. The summed E-state index contributed by atoms with van der Waals surface area (Å²) in [6.07, 6.45) is 1.01. The van der Waals surface area contributed by atoms with Crippen molar-refractivity contribution in [3.8, 4) is 10.4 Å². The molecule has 1 unspecified atom stereocenters. The van der Waals surface area contributed by atoms with E-state index in [4.69, 9.17) is 4.74 Å². The van der Waals surface area contributed by atoms with Crippen LogP contribution in [-0.2, 0) is 11.3 Å². The van der Waals surface area contributed by atoms with E-state index < -0.39 is 0 Å².